The maximum Gasteiger partial charge on any atom is 0.376 e. The minimum atomic E-state index is -0.845. The lowest BCUT2D eigenvalue weighted by Gasteiger charge is -2.11. The van der Waals surface area contributed by atoms with Gasteiger partial charge in [0.1, 0.15) is 10.6 Å². The van der Waals surface area contributed by atoms with Crippen molar-refractivity contribution in [2.75, 3.05) is 13.7 Å². The lowest BCUT2D eigenvalue weighted by molar-refractivity contribution is -0.153. The Hall–Kier alpha value is -0.880. The van der Waals surface area contributed by atoms with E-state index in [0.717, 1.165) is 0 Å². The number of hydrogen-bond acceptors (Lipinski definition) is 4. The predicted octanol–water partition coefficient (Wildman–Crippen LogP) is 3.03. The zero-order valence-electron chi connectivity index (χ0n) is 9.91. The summed E-state index contributed by atoms with van der Waals surface area (Å²) in [7, 11) is 1.55. The summed E-state index contributed by atoms with van der Waals surface area (Å²) in [5.74, 6) is -0.821. The van der Waals surface area contributed by atoms with E-state index in [1.165, 1.54) is 0 Å². The summed E-state index contributed by atoms with van der Waals surface area (Å²) in [6.07, 6.45) is 0. The molecule has 98 valence electrons. The first-order valence-electron chi connectivity index (χ1n) is 5.19. The summed E-state index contributed by atoms with van der Waals surface area (Å²) in [6, 6.07) is 5.15. The topological polar surface area (TPSA) is 52.6 Å². The number of carbonyl (C=O) groups excluding carboxylic acids is 2. The molecule has 0 aromatic heterocycles. The fourth-order valence-corrected chi connectivity index (χ4v) is 2.77. The van der Waals surface area contributed by atoms with Crippen molar-refractivity contribution < 1.29 is 19.1 Å². The van der Waals surface area contributed by atoms with Gasteiger partial charge in [0, 0.05) is 4.47 Å². The molecule has 0 spiro atoms. The van der Waals surface area contributed by atoms with Crippen LogP contribution in [-0.2, 0) is 14.3 Å². The number of halogens is 2. The molecule has 0 aliphatic rings. The highest BCUT2D eigenvalue weighted by atomic mass is 79.9. The van der Waals surface area contributed by atoms with Gasteiger partial charge in [0.25, 0.3) is 5.78 Å². The average Bonchev–Trinajstić information content (AvgIpc) is 2.37. The number of alkyl halides is 1. The molecule has 0 aliphatic heterocycles. The summed E-state index contributed by atoms with van der Waals surface area (Å²) in [5.41, 5.74) is 0.647. The van der Waals surface area contributed by atoms with Crippen LogP contribution in [0.4, 0.5) is 0 Å². The van der Waals surface area contributed by atoms with E-state index in [1.807, 2.05) is 0 Å². The Morgan fingerprint density at radius 2 is 2.06 bits per heavy atom. The molecule has 0 saturated heterocycles. The Bertz CT molecular complexity index is 459. The quantitative estimate of drug-likeness (QED) is 0.448. The number of rotatable bonds is 5. The van der Waals surface area contributed by atoms with Gasteiger partial charge in [-0.3, -0.25) is 4.79 Å². The molecule has 0 fully saturated rings. The van der Waals surface area contributed by atoms with Crippen LogP contribution in [0.2, 0.25) is 0 Å². The molecular weight excluding hydrogens is 368 g/mol. The fraction of sp³-hybridized carbons (Fsp3) is 0.333. The first kappa shape index (κ1) is 15.2. The second-order valence-electron chi connectivity index (χ2n) is 3.33. The molecule has 1 atom stereocenters. The number of methoxy groups -OCH3 is 1. The van der Waals surface area contributed by atoms with Crippen LogP contribution in [0, 0.1) is 0 Å². The van der Waals surface area contributed by atoms with E-state index < -0.39 is 16.6 Å². The van der Waals surface area contributed by atoms with Crippen molar-refractivity contribution in [1.82, 2.24) is 0 Å². The molecule has 1 aromatic carbocycles. The third-order valence-corrected chi connectivity index (χ3v) is 3.78. The van der Waals surface area contributed by atoms with Crippen LogP contribution >= 0.6 is 31.9 Å². The molecule has 0 N–H and O–H groups in total. The molecule has 0 heterocycles. The van der Waals surface area contributed by atoms with Gasteiger partial charge in [-0.1, -0.05) is 37.9 Å². The highest BCUT2D eigenvalue weighted by Gasteiger charge is 2.27. The van der Waals surface area contributed by atoms with Gasteiger partial charge in [-0.2, -0.15) is 0 Å². The standard InChI is InChI=1S/C12H12Br2O4/c1-3-18-12(16)11(15)10(14)8-5-4-7(17-2)6-9(8)13/h4-6,10H,3H2,1-2H3. The second-order valence-corrected chi connectivity index (χ2v) is 5.10. The van der Waals surface area contributed by atoms with Gasteiger partial charge in [0.15, 0.2) is 0 Å². The highest BCUT2D eigenvalue weighted by Crippen LogP contribution is 2.33. The normalized spacial score (nSPS) is 11.8. The zero-order valence-corrected chi connectivity index (χ0v) is 13.1. The van der Waals surface area contributed by atoms with E-state index in [-0.39, 0.29) is 6.61 Å². The van der Waals surface area contributed by atoms with Crippen LogP contribution in [-0.4, -0.2) is 25.5 Å². The van der Waals surface area contributed by atoms with E-state index in [9.17, 15) is 9.59 Å². The summed E-state index contributed by atoms with van der Waals surface area (Å²) >= 11 is 6.53. The Morgan fingerprint density at radius 3 is 2.56 bits per heavy atom. The van der Waals surface area contributed by atoms with Crippen molar-refractivity contribution in [3.63, 3.8) is 0 Å². The highest BCUT2D eigenvalue weighted by molar-refractivity contribution is 9.11. The van der Waals surface area contributed by atoms with E-state index in [0.29, 0.717) is 15.8 Å². The van der Waals surface area contributed by atoms with Crippen LogP contribution in [0.15, 0.2) is 22.7 Å². The van der Waals surface area contributed by atoms with Gasteiger partial charge in [-0.05, 0) is 24.6 Å². The van der Waals surface area contributed by atoms with Crippen molar-refractivity contribution in [3.05, 3.63) is 28.2 Å². The fourth-order valence-electron chi connectivity index (χ4n) is 1.29. The lowest BCUT2D eigenvalue weighted by atomic mass is 10.1. The van der Waals surface area contributed by atoms with Crippen LogP contribution in [0.1, 0.15) is 17.3 Å². The number of ether oxygens (including phenoxy) is 2. The van der Waals surface area contributed by atoms with Gasteiger partial charge >= 0.3 is 5.97 Å². The maximum atomic E-state index is 11.8. The molecule has 0 saturated carbocycles. The molecule has 1 aromatic rings. The van der Waals surface area contributed by atoms with Gasteiger partial charge in [0.2, 0.25) is 0 Å². The molecule has 0 aliphatic carbocycles. The smallest absolute Gasteiger partial charge is 0.376 e. The van der Waals surface area contributed by atoms with Crippen molar-refractivity contribution >= 4 is 43.6 Å². The van der Waals surface area contributed by atoms with Crippen molar-refractivity contribution in [2.45, 2.75) is 11.8 Å². The molecule has 18 heavy (non-hydrogen) atoms. The van der Waals surface area contributed by atoms with Gasteiger partial charge in [-0.25, -0.2) is 4.79 Å². The number of carbonyl (C=O) groups is 2. The number of esters is 1. The van der Waals surface area contributed by atoms with Gasteiger partial charge in [0.05, 0.1) is 13.7 Å². The maximum absolute atomic E-state index is 11.8. The van der Waals surface area contributed by atoms with E-state index >= 15 is 0 Å². The van der Waals surface area contributed by atoms with Gasteiger partial charge < -0.3 is 9.47 Å². The van der Waals surface area contributed by atoms with Crippen LogP contribution < -0.4 is 4.74 Å². The molecule has 0 bridgehead atoms. The average molecular weight is 380 g/mol. The Kier molecular flexibility index (Phi) is 5.81. The van der Waals surface area contributed by atoms with Crippen LogP contribution in [0.5, 0.6) is 5.75 Å². The molecule has 6 heteroatoms. The molecule has 0 radical (unpaired) electrons. The third-order valence-electron chi connectivity index (χ3n) is 2.19. The number of benzene rings is 1. The van der Waals surface area contributed by atoms with Crippen molar-refractivity contribution in [1.29, 1.82) is 0 Å². The molecule has 1 unspecified atom stereocenters. The van der Waals surface area contributed by atoms with E-state index in [1.54, 1.807) is 32.2 Å². The van der Waals surface area contributed by atoms with E-state index in [2.05, 4.69) is 36.6 Å². The molecular formula is C12H12Br2O4. The number of Topliss-reactive ketones (excluding diaryl/α,β-unsaturated/α-hetero) is 1. The third kappa shape index (κ3) is 3.55. The second kappa shape index (κ2) is 6.89. The number of ketones is 1. The minimum Gasteiger partial charge on any atom is -0.497 e. The van der Waals surface area contributed by atoms with Crippen molar-refractivity contribution in [3.8, 4) is 5.75 Å². The monoisotopic (exact) mass is 378 g/mol. The Morgan fingerprint density at radius 1 is 1.39 bits per heavy atom. The first-order chi connectivity index (χ1) is 8.51. The summed E-state index contributed by atoms with van der Waals surface area (Å²) in [5, 5.41) is 0. The number of hydrogen-bond donors (Lipinski definition) is 0. The van der Waals surface area contributed by atoms with Crippen molar-refractivity contribution in [2.24, 2.45) is 0 Å². The minimum absolute atomic E-state index is 0.175. The van der Waals surface area contributed by atoms with Crippen LogP contribution in [0.3, 0.4) is 0 Å². The molecule has 0 amide bonds. The molecule has 1 rings (SSSR count). The lowest BCUT2D eigenvalue weighted by Crippen LogP contribution is -2.21. The van der Waals surface area contributed by atoms with E-state index in [4.69, 9.17) is 4.74 Å². The van der Waals surface area contributed by atoms with Gasteiger partial charge in [-0.15, -0.1) is 0 Å². The SMILES string of the molecule is CCOC(=O)C(=O)C(Br)c1ccc(OC)cc1Br. The Labute approximate surface area is 122 Å². The summed E-state index contributed by atoms with van der Waals surface area (Å²) in [6.45, 7) is 1.83. The summed E-state index contributed by atoms with van der Waals surface area (Å²) < 4.78 is 10.4. The largest absolute Gasteiger partial charge is 0.497 e. The summed E-state index contributed by atoms with van der Waals surface area (Å²) in [4.78, 5) is 22.4. The first-order valence-corrected chi connectivity index (χ1v) is 6.90. The Balaban J connectivity index is 2.93. The zero-order chi connectivity index (χ0) is 13.7. The predicted molar refractivity (Wildman–Crippen MR) is 74.0 cm³/mol. The molecule has 4 nitrogen and oxygen atoms in total. The van der Waals surface area contributed by atoms with Crippen LogP contribution in [0.25, 0.3) is 0 Å².